The fourth-order valence-electron chi connectivity index (χ4n) is 2.32. The number of nitro benzene ring substituents is 1. The monoisotopic (exact) mass is 267 g/mol. The van der Waals surface area contributed by atoms with Gasteiger partial charge in [-0.05, 0) is 25.6 Å². The average molecular weight is 267 g/mol. The van der Waals surface area contributed by atoms with Gasteiger partial charge in [0.25, 0.3) is 0 Å². The molecule has 0 aliphatic carbocycles. The molecule has 0 bridgehead atoms. The highest BCUT2D eigenvalue weighted by Gasteiger charge is 2.21. The molecule has 5 nitrogen and oxygen atoms in total. The van der Waals surface area contributed by atoms with Crippen molar-refractivity contribution in [2.45, 2.75) is 19.5 Å². The van der Waals surface area contributed by atoms with E-state index >= 15 is 0 Å². The van der Waals surface area contributed by atoms with E-state index in [9.17, 15) is 14.5 Å². The fourth-order valence-corrected chi connectivity index (χ4v) is 2.32. The minimum absolute atomic E-state index is 0.463. The lowest BCUT2D eigenvalue weighted by Gasteiger charge is -2.37. The zero-order valence-electron chi connectivity index (χ0n) is 11.2. The van der Waals surface area contributed by atoms with E-state index < -0.39 is 16.4 Å². The summed E-state index contributed by atoms with van der Waals surface area (Å²) >= 11 is 0. The summed E-state index contributed by atoms with van der Waals surface area (Å²) in [4.78, 5) is 14.4. The van der Waals surface area contributed by atoms with Crippen LogP contribution >= 0.6 is 0 Å². The van der Waals surface area contributed by atoms with E-state index in [4.69, 9.17) is 0 Å². The first-order valence-corrected chi connectivity index (χ1v) is 6.33. The molecule has 6 heteroatoms. The second-order valence-electron chi connectivity index (χ2n) is 5.11. The molecular weight excluding hydrogens is 249 g/mol. The Labute approximate surface area is 111 Å². The van der Waals surface area contributed by atoms with Crippen molar-refractivity contribution in [3.8, 4) is 0 Å². The molecule has 1 aliphatic rings. The average Bonchev–Trinajstić information content (AvgIpc) is 2.33. The second-order valence-corrected chi connectivity index (χ2v) is 5.11. The predicted octanol–water partition coefficient (Wildman–Crippen LogP) is 1.87. The molecule has 0 aromatic heterocycles. The molecule has 0 radical (unpaired) electrons. The van der Waals surface area contributed by atoms with Crippen LogP contribution in [0.25, 0.3) is 0 Å². The molecular formula is C13H18FN3O2. The van der Waals surface area contributed by atoms with Gasteiger partial charge in [-0.25, -0.2) is 0 Å². The summed E-state index contributed by atoms with van der Waals surface area (Å²) in [5.41, 5.74) is 0.315. The van der Waals surface area contributed by atoms with E-state index in [2.05, 4.69) is 23.8 Å². The van der Waals surface area contributed by atoms with Crippen molar-refractivity contribution < 1.29 is 9.31 Å². The first kappa shape index (κ1) is 13.9. The van der Waals surface area contributed by atoms with E-state index in [0.29, 0.717) is 12.6 Å². The molecule has 0 saturated carbocycles. The molecule has 1 saturated heterocycles. The standard InChI is InChI=1S/C13H18FN3O2/c1-10-8-16(6-5-15(10)2)9-11-3-4-13(17(18)19)12(14)7-11/h3-4,7,10H,5-6,8-9H2,1-2H3. The third-order valence-electron chi connectivity index (χ3n) is 3.66. The van der Waals surface area contributed by atoms with Crippen LogP contribution in [-0.2, 0) is 6.54 Å². The zero-order chi connectivity index (χ0) is 14.0. The fraction of sp³-hybridized carbons (Fsp3) is 0.538. The van der Waals surface area contributed by atoms with Crippen LogP contribution in [0.5, 0.6) is 0 Å². The second kappa shape index (κ2) is 5.63. The lowest BCUT2D eigenvalue weighted by Crippen LogP contribution is -2.49. The van der Waals surface area contributed by atoms with E-state index in [1.54, 1.807) is 6.07 Å². The molecule has 1 atom stereocenters. The van der Waals surface area contributed by atoms with E-state index in [0.717, 1.165) is 25.2 Å². The molecule has 0 spiro atoms. The van der Waals surface area contributed by atoms with Crippen LogP contribution in [0.2, 0.25) is 0 Å². The van der Waals surface area contributed by atoms with Crippen molar-refractivity contribution >= 4 is 5.69 Å². The predicted molar refractivity (Wildman–Crippen MR) is 70.4 cm³/mol. The van der Waals surface area contributed by atoms with Crippen LogP contribution in [0.1, 0.15) is 12.5 Å². The maximum Gasteiger partial charge on any atom is 0.304 e. The van der Waals surface area contributed by atoms with Crippen LogP contribution in [0.15, 0.2) is 18.2 Å². The first-order valence-electron chi connectivity index (χ1n) is 6.33. The summed E-state index contributed by atoms with van der Waals surface area (Å²) in [5.74, 6) is -0.760. The van der Waals surface area contributed by atoms with Crippen LogP contribution < -0.4 is 0 Å². The number of piperazine rings is 1. The van der Waals surface area contributed by atoms with Crippen LogP contribution in [0, 0.1) is 15.9 Å². The molecule has 1 aliphatic heterocycles. The normalized spacial score (nSPS) is 21.5. The van der Waals surface area contributed by atoms with Crippen molar-refractivity contribution in [2.24, 2.45) is 0 Å². The highest BCUT2D eigenvalue weighted by molar-refractivity contribution is 5.35. The van der Waals surface area contributed by atoms with Gasteiger partial charge in [-0.1, -0.05) is 6.07 Å². The third kappa shape index (κ3) is 3.27. The van der Waals surface area contributed by atoms with Crippen molar-refractivity contribution in [3.05, 3.63) is 39.7 Å². The molecule has 1 heterocycles. The number of benzene rings is 1. The minimum atomic E-state index is -0.760. The highest BCUT2D eigenvalue weighted by atomic mass is 19.1. The molecule has 1 aromatic carbocycles. The zero-order valence-corrected chi connectivity index (χ0v) is 11.2. The lowest BCUT2D eigenvalue weighted by atomic mass is 10.1. The SMILES string of the molecule is CC1CN(Cc2ccc([N+](=O)[O-])c(F)c2)CCN1C. The number of hydrogen-bond donors (Lipinski definition) is 0. The Morgan fingerprint density at radius 2 is 2.21 bits per heavy atom. The Morgan fingerprint density at radius 3 is 2.79 bits per heavy atom. The van der Waals surface area contributed by atoms with Gasteiger partial charge in [0, 0.05) is 38.3 Å². The Bertz CT molecular complexity index is 481. The van der Waals surface area contributed by atoms with Crippen LogP contribution in [-0.4, -0.2) is 47.4 Å². The summed E-state index contributed by atoms with van der Waals surface area (Å²) < 4.78 is 13.5. The molecule has 19 heavy (non-hydrogen) atoms. The molecule has 1 aromatic rings. The maximum atomic E-state index is 13.5. The number of nitro groups is 1. The molecule has 1 unspecified atom stereocenters. The smallest absolute Gasteiger partial charge is 0.301 e. The van der Waals surface area contributed by atoms with Crippen molar-refractivity contribution in [2.75, 3.05) is 26.7 Å². The van der Waals surface area contributed by atoms with Crippen molar-refractivity contribution in [1.29, 1.82) is 0 Å². The van der Waals surface area contributed by atoms with Gasteiger partial charge >= 0.3 is 5.69 Å². The Morgan fingerprint density at radius 1 is 1.47 bits per heavy atom. The molecule has 2 rings (SSSR count). The summed E-state index contributed by atoms with van der Waals surface area (Å²) in [6.45, 7) is 5.63. The summed E-state index contributed by atoms with van der Waals surface area (Å²) in [6, 6.07) is 4.60. The van der Waals surface area contributed by atoms with E-state index in [-0.39, 0.29) is 0 Å². The topological polar surface area (TPSA) is 49.6 Å². The van der Waals surface area contributed by atoms with Crippen LogP contribution in [0.3, 0.4) is 0 Å². The van der Waals surface area contributed by atoms with Gasteiger partial charge in [0.1, 0.15) is 0 Å². The van der Waals surface area contributed by atoms with Gasteiger partial charge in [0.05, 0.1) is 4.92 Å². The van der Waals surface area contributed by atoms with Gasteiger partial charge in [-0.15, -0.1) is 0 Å². The van der Waals surface area contributed by atoms with Gasteiger partial charge in [0.15, 0.2) is 0 Å². The molecule has 0 N–H and O–H groups in total. The molecule has 1 fully saturated rings. The quantitative estimate of drug-likeness (QED) is 0.619. The number of nitrogens with zero attached hydrogens (tertiary/aromatic N) is 3. The molecule has 104 valence electrons. The van der Waals surface area contributed by atoms with Gasteiger partial charge < -0.3 is 4.90 Å². The van der Waals surface area contributed by atoms with E-state index in [1.807, 2.05) is 0 Å². The summed E-state index contributed by atoms with van der Waals surface area (Å²) in [5, 5.41) is 10.6. The van der Waals surface area contributed by atoms with E-state index in [1.165, 1.54) is 12.1 Å². The summed E-state index contributed by atoms with van der Waals surface area (Å²) in [7, 11) is 2.09. The number of rotatable bonds is 3. The number of likely N-dealkylation sites (N-methyl/N-ethyl adjacent to an activating group) is 1. The molecule has 0 amide bonds. The number of halogens is 1. The van der Waals surface area contributed by atoms with Gasteiger partial charge in [-0.2, -0.15) is 4.39 Å². The maximum absolute atomic E-state index is 13.5. The third-order valence-corrected chi connectivity index (χ3v) is 3.66. The Hall–Kier alpha value is -1.53. The van der Waals surface area contributed by atoms with Crippen LogP contribution in [0.4, 0.5) is 10.1 Å². The summed E-state index contributed by atoms with van der Waals surface area (Å²) in [6.07, 6.45) is 0. The Balaban J connectivity index is 2.04. The Kier molecular flexibility index (Phi) is 4.11. The number of hydrogen-bond acceptors (Lipinski definition) is 4. The van der Waals surface area contributed by atoms with Gasteiger partial charge in [0.2, 0.25) is 5.82 Å². The van der Waals surface area contributed by atoms with Crippen molar-refractivity contribution in [1.82, 2.24) is 9.80 Å². The minimum Gasteiger partial charge on any atom is -0.301 e. The van der Waals surface area contributed by atoms with Crippen molar-refractivity contribution in [3.63, 3.8) is 0 Å². The van der Waals surface area contributed by atoms with Gasteiger partial charge in [-0.3, -0.25) is 15.0 Å². The largest absolute Gasteiger partial charge is 0.304 e. The highest BCUT2D eigenvalue weighted by Crippen LogP contribution is 2.19. The lowest BCUT2D eigenvalue weighted by molar-refractivity contribution is -0.387. The first-order chi connectivity index (χ1) is 8.97.